The molecule has 1 amide bonds. The quantitative estimate of drug-likeness (QED) is 0.648. The Kier molecular flexibility index (Phi) is 3.79. The van der Waals surface area contributed by atoms with E-state index in [9.17, 15) is 10.1 Å². The highest BCUT2D eigenvalue weighted by molar-refractivity contribution is 14.1. The number of para-hydroxylation sites is 1. The largest absolute Gasteiger partial charge is 0.338 e. The van der Waals surface area contributed by atoms with E-state index < -0.39 is 5.79 Å². The Bertz CT molecular complexity index is 869. The number of halogens is 1. The van der Waals surface area contributed by atoms with E-state index in [1.807, 2.05) is 24.3 Å². The molecule has 0 radical (unpaired) electrons. The molecule has 2 heterocycles. The van der Waals surface area contributed by atoms with Crippen LogP contribution in [0.15, 0.2) is 42.5 Å². The number of nitrogens with zero attached hydrogens (tertiary/aromatic N) is 2. The lowest BCUT2D eigenvalue weighted by atomic mass is 10.1. The molecule has 24 heavy (non-hydrogen) atoms. The van der Waals surface area contributed by atoms with E-state index >= 15 is 0 Å². The first-order valence-electron chi connectivity index (χ1n) is 7.59. The standard InChI is InChI=1S/C18H13IN2O3/c19-13-6-7-16-14(10-13)18(23-8-3-9-24-18)17(22)21(16)15-5-2-1-4-12(15)11-20/h1-2,4-7,10H,3,8-9H2. The zero-order valence-corrected chi connectivity index (χ0v) is 14.8. The number of nitriles is 1. The van der Waals surface area contributed by atoms with Crippen molar-refractivity contribution in [3.8, 4) is 6.07 Å². The Balaban J connectivity index is 1.95. The van der Waals surface area contributed by atoms with Crippen LogP contribution in [0.1, 0.15) is 17.5 Å². The number of hydrogen-bond donors (Lipinski definition) is 0. The van der Waals surface area contributed by atoms with Gasteiger partial charge < -0.3 is 9.47 Å². The van der Waals surface area contributed by atoms with E-state index in [4.69, 9.17) is 9.47 Å². The number of benzene rings is 2. The summed E-state index contributed by atoms with van der Waals surface area (Å²) in [5.74, 6) is -1.71. The van der Waals surface area contributed by atoms with Gasteiger partial charge in [-0.1, -0.05) is 12.1 Å². The molecule has 0 N–H and O–H groups in total. The highest BCUT2D eigenvalue weighted by atomic mass is 127. The topological polar surface area (TPSA) is 62.6 Å². The lowest BCUT2D eigenvalue weighted by molar-refractivity contribution is -0.256. The van der Waals surface area contributed by atoms with Crippen LogP contribution >= 0.6 is 22.6 Å². The zero-order valence-electron chi connectivity index (χ0n) is 12.7. The molecule has 0 aliphatic carbocycles. The maximum absolute atomic E-state index is 13.3. The van der Waals surface area contributed by atoms with Crippen LogP contribution < -0.4 is 4.90 Å². The normalized spacial score (nSPS) is 18.5. The molecular weight excluding hydrogens is 419 g/mol. The van der Waals surface area contributed by atoms with Gasteiger partial charge in [-0.3, -0.25) is 9.69 Å². The fourth-order valence-corrected chi connectivity index (χ4v) is 3.64. The van der Waals surface area contributed by atoms with Gasteiger partial charge in [-0.2, -0.15) is 5.26 Å². The third kappa shape index (κ3) is 2.16. The number of anilines is 2. The number of fused-ring (bicyclic) bond motifs is 2. The molecule has 2 aromatic rings. The van der Waals surface area contributed by atoms with Crippen molar-refractivity contribution in [2.75, 3.05) is 18.1 Å². The van der Waals surface area contributed by atoms with Gasteiger partial charge in [0.1, 0.15) is 6.07 Å². The van der Waals surface area contributed by atoms with E-state index in [1.165, 1.54) is 4.90 Å². The summed E-state index contributed by atoms with van der Waals surface area (Å²) >= 11 is 2.20. The SMILES string of the molecule is N#Cc1ccccc1N1C(=O)C2(OCCCO2)c2cc(I)ccc21. The van der Waals surface area contributed by atoms with Gasteiger partial charge >= 0.3 is 0 Å². The van der Waals surface area contributed by atoms with E-state index in [-0.39, 0.29) is 5.91 Å². The second-order valence-corrected chi connectivity index (χ2v) is 6.84. The Morgan fingerprint density at radius 1 is 1.12 bits per heavy atom. The minimum atomic E-state index is -1.41. The molecule has 5 nitrogen and oxygen atoms in total. The van der Waals surface area contributed by atoms with Gasteiger partial charge in [0.25, 0.3) is 11.7 Å². The van der Waals surface area contributed by atoms with Crippen molar-refractivity contribution in [1.29, 1.82) is 5.26 Å². The second-order valence-electron chi connectivity index (χ2n) is 5.60. The average Bonchev–Trinajstić information content (AvgIpc) is 2.84. The van der Waals surface area contributed by atoms with Gasteiger partial charge in [0.2, 0.25) is 0 Å². The fourth-order valence-electron chi connectivity index (χ4n) is 3.15. The molecule has 4 rings (SSSR count). The highest BCUT2D eigenvalue weighted by Crippen LogP contribution is 2.49. The number of carbonyl (C=O) groups excluding carboxylic acids is 1. The maximum atomic E-state index is 13.3. The number of rotatable bonds is 1. The predicted octanol–water partition coefficient (Wildman–Crippen LogP) is 3.43. The first-order chi connectivity index (χ1) is 11.7. The molecule has 0 unspecified atom stereocenters. The van der Waals surface area contributed by atoms with Gasteiger partial charge in [-0.05, 0) is 59.3 Å². The molecule has 1 fully saturated rings. The van der Waals surface area contributed by atoms with Crippen LogP contribution in [0, 0.1) is 14.9 Å². The van der Waals surface area contributed by atoms with Crippen LogP contribution in [0.3, 0.4) is 0 Å². The van der Waals surface area contributed by atoms with Crippen LogP contribution in [0.5, 0.6) is 0 Å². The summed E-state index contributed by atoms with van der Waals surface area (Å²) in [6.45, 7) is 0.925. The van der Waals surface area contributed by atoms with E-state index in [2.05, 4.69) is 28.7 Å². The molecular formula is C18H13IN2O3. The molecule has 1 spiro atoms. The van der Waals surface area contributed by atoms with Gasteiger partial charge in [0.15, 0.2) is 0 Å². The number of hydrogen-bond acceptors (Lipinski definition) is 4. The Morgan fingerprint density at radius 3 is 2.62 bits per heavy atom. The van der Waals surface area contributed by atoms with Gasteiger partial charge in [0, 0.05) is 9.13 Å². The van der Waals surface area contributed by atoms with Crippen LogP contribution in [0.25, 0.3) is 0 Å². The fraction of sp³-hybridized carbons (Fsp3) is 0.222. The van der Waals surface area contributed by atoms with Crippen molar-refractivity contribution in [3.05, 3.63) is 57.2 Å². The molecule has 2 aromatic carbocycles. The molecule has 0 aromatic heterocycles. The maximum Gasteiger partial charge on any atom is 0.297 e. The van der Waals surface area contributed by atoms with Crippen molar-refractivity contribution in [1.82, 2.24) is 0 Å². The summed E-state index contributed by atoms with van der Waals surface area (Å²) < 4.78 is 12.7. The summed E-state index contributed by atoms with van der Waals surface area (Å²) in [5, 5.41) is 9.41. The zero-order chi connectivity index (χ0) is 16.7. The smallest absolute Gasteiger partial charge is 0.297 e. The van der Waals surface area contributed by atoms with Crippen LogP contribution in [0.2, 0.25) is 0 Å². The summed E-state index contributed by atoms with van der Waals surface area (Å²) in [5.41, 5.74) is 2.38. The highest BCUT2D eigenvalue weighted by Gasteiger charge is 2.55. The van der Waals surface area contributed by atoms with E-state index in [1.54, 1.807) is 18.2 Å². The summed E-state index contributed by atoms with van der Waals surface area (Å²) in [7, 11) is 0. The monoisotopic (exact) mass is 432 g/mol. The number of ether oxygens (including phenoxy) is 2. The Hall–Kier alpha value is -1.95. The van der Waals surface area contributed by atoms with Crippen LogP contribution in [0.4, 0.5) is 11.4 Å². The predicted molar refractivity (Wildman–Crippen MR) is 95.7 cm³/mol. The van der Waals surface area contributed by atoms with Crippen molar-refractivity contribution in [2.45, 2.75) is 12.2 Å². The van der Waals surface area contributed by atoms with Crippen molar-refractivity contribution in [2.24, 2.45) is 0 Å². The van der Waals surface area contributed by atoms with Gasteiger partial charge in [0.05, 0.1) is 30.2 Å². The molecule has 0 bridgehead atoms. The average molecular weight is 432 g/mol. The van der Waals surface area contributed by atoms with Crippen LogP contribution in [-0.2, 0) is 20.1 Å². The number of carbonyl (C=O) groups is 1. The summed E-state index contributed by atoms with van der Waals surface area (Å²) in [6, 6.07) is 14.9. The van der Waals surface area contributed by atoms with Gasteiger partial charge in [-0.25, -0.2) is 0 Å². The molecule has 2 aliphatic rings. The molecule has 0 saturated carbocycles. The molecule has 6 heteroatoms. The molecule has 2 aliphatic heterocycles. The van der Waals surface area contributed by atoms with E-state index in [0.717, 1.165) is 9.99 Å². The third-order valence-corrected chi connectivity index (χ3v) is 4.87. The lowest BCUT2D eigenvalue weighted by Gasteiger charge is -2.32. The summed E-state index contributed by atoms with van der Waals surface area (Å²) in [4.78, 5) is 14.8. The van der Waals surface area contributed by atoms with Gasteiger partial charge in [-0.15, -0.1) is 0 Å². The summed E-state index contributed by atoms with van der Waals surface area (Å²) in [6.07, 6.45) is 0.753. The third-order valence-electron chi connectivity index (χ3n) is 4.20. The molecule has 120 valence electrons. The molecule has 1 saturated heterocycles. The number of amides is 1. The Morgan fingerprint density at radius 2 is 1.88 bits per heavy atom. The Labute approximate surface area is 152 Å². The van der Waals surface area contributed by atoms with Crippen LogP contribution in [-0.4, -0.2) is 19.1 Å². The van der Waals surface area contributed by atoms with E-state index in [0.29, 0.717) is 35.7 Å². The first kappa shape index (κ1) is 15.6. The first-order valence-corrected chi connectivity index (χ1v) is 8.67. The van der Waals surface area contributed by atoms with Crippen molar-refractivity contribution >= 4 is 39.9 Å². The minimum Gasteiger partial charge on any atom is -0.338 e. The second kappa shape index (κ2) is 5.84. The van der Waals surface area contributed by atoms with Crippen molar-refractivity contribution < 1.29 is 14.3 Å². The van der Waals surface area contributed by atoms with Crippen molar-refractivity contribution in [3.63, 3.8) is 0 Å². The minimum absolute atomic E-state index is 0.304. The lowest BCUT2D eigenvalue weighted by Crippen LogP contribution is -2.46. The molecule has 0 atom stereocenters.